The third kappa shape index (κ3) is 6.22. The number of hydrogen-bond acceptors (Lipinski definition) is 14. The van der Waals surface area contributed by atoms with Crippen molar-refractivity contribution in [3.63, 3.8) is 0 Å². The molecule has 10 N–H and O–H groups in total. The molecule has 1 aromatic rings. The van der Waals surface area contributed by atoms with Gasteiger partial charge in [0.2, 0.25) is 12.0 Å². The van der Waals surface area contributed by atoms with E-state index in [1.54, 1.807) is 0 Å². The Morgan fingerprint density at radius 1 is 1.03 bits per heavy atom. The standard InChI is InChI=1S/C24H36O15/c1-2-3-4-5-10-11(21(33)34)6-12(27)15(28)19(10)39-22-18(31)17(30)16(29)13(37-22)8-36-23-20(32)24(35,9-26)14(7-25)38-23/h6,13-14,16-18,20,22-23,25-32,35H,2-5,7-9H2,1H3,(H,33,34). The molecule has 15 heteroatoms. The first-order chi connectivity index (χ1) is 18.4. The van der Waals surface area contributed by atoms with E-state index >= 15 is 0 Å². The lowest BCUT2D eigenvalue weighted by molar-refractivity contribution is -0.290. The summed E-state index contributed by atoms with van der Waals surface area (Å²) in [7, 11) is 0. The van der Waals surface area contributed by atoms with Crippen LogP contribution in [0.25, 0.3) is 0 Å². The van der Waals surface area contributed by atoms with Gasteiger partial charge >= 0.3 is 5.97 Å². The molecule has 0 amide bonds. The van der Waals surface area contributed by atoms with Gasteiger partial charge in [0.15, 0.2) is 17.8 Å². The largest absolute Gasteiger partial charge is 0.504 e. The van der Waals surface area contributed by atoms with E-state index in [-0.39, 0.29) is 17.5 Å². The number of ether oxygens (including phenoxy) is 4. The van der Waals surface area contributed by atoms with Gasteiger partial charge in [0.1, 0.15) is 42.2 Å². The zero-order chi connectivity index (χ0) is 29.1. The van der Waals surface area contributed by atoms with E-state index in [0.29, 0.717) is 12.8 Å². The number of hydrogen-bond donors (Lipinski definition) is 10. The Morgan fingerprint density at radius 2 is 1.72 bits per heavy atom. The van der Waals surface area contributed by atoms with Crippen molar-refractivity contribution in [2.75, 3.05) is 19.8 Å². The molecule has 0 radical (unpaired) electrons. The van der Waals surface area contributed by atoms with Gasteiger partial charge in [0.05, 0.1) is 25.4 Å². The number of rotatable bonds is 12. The van der Waals surface area contributed by atoms with E-state index in [1.165, 1.54) is 0 Å². The summed E-state index contributed by atoms with van der Waals surface area (Å²) in [5.41, 5.74) is -2.59. The Bertz CT molecular complexity index is 989. The predicted molar refractivity (Wildman–Crippen MR) is 127 cm³/mol. The lowest BCUT2D eigenvalue weighted by atomic mass is 9.94. The molecule has 9 atom stereocenters. The molecule has 3 rings (SSSR count). The number of aliphatic hydroxyl groups excluding tert-OH is 6. The Hall–Kier alpha value is -2.31. The molecule has 15 nitrogen and oxygen atoms in total. The van der Waals surface area contributed by atoms with E-state index in [4.69, 9.17) is 18.9 Å². The highest BCUT2D eigenvalue weighted by Crippen LogP contribution is 2.43. The number of carboxylic acid groups (broad SMARTS) is 1. The van der Waals surface area contributed by atoms with Crippen LogP contribution in [0.3, 0.4) is 0 Å². The first-order valence-electron chi connectivity index (χ1n) is 12.5. The smallest absolute Gasteiger partial charge is 0.336 e. The van der Waals surface area contributed by atoms with E-state index < -0.39 is 97.8 Å². The molecule has 2 aliphatic heterocycles. The summed E-state index contributed by atoms with van der Waals surface area (Å²) in [4.78, 5) is 11.8. The minimum Gasteiger partial charge on any atom is -0.504 e. The number of benzene rings is 1. The van der Waals surface area contributed by atoms with Crippen LogP contribution in [-0.4, -0.2) is 132 Å². The SMILES string of the molecule is CCCCCc1c(C(=O)O)cc(O)c(O)c1OC1OC(COC2OC(CO)C(O)(CO)C2O)C(O)C(O)C1O. The topological polar surface area (TPSA) is 256 Å². The molecule has 39 heavy (non-hydrogen) atoms. The van der Waals surface area contributed by atoms with Crippen molar-refractivity contribution >= 4 is 5.97 Å². The molecule has 0 saturated carbocycles. The number of carboxylic acids is 1. The van der Waals surface area contributed by atoms with Crippen molar-refractivity contribution in [2.45, 2.75) is 87.4 Å². The number of unbranched alkanes of at least 4 members (excludes halogenated alkanes) is 2. The molecule has 2 saturated heterocycles. The minimum absolute atomic E-state index is 0.0104. The molecular weight excluding hydrogens is 528 g/mol. The summed E-state index contributed by atoms with van der Waals surface area (Å²) in [6, 6.07) is 0.860. The first-order valence-corrected chi connectivity index (χ1v) is 12.5. The van der Waals surface area contributed by atoms with Gasteiger partial charge < -0.3 is 70.0 Å². The van der Waals surface area contributed by atoms with E-state index in [2.05, 4.69) is 0 Å². The van der Waals surface area contributed by atoms with Crippen LogP contribution in [0.5, 0.6) is 17.2 Å². The Balaban J connectivity index is 1.82. The minimum atomic E-state index is -2.24. The van der Waals surface area contributed by atoms with Gasteiger partial charge in [-0.3, -0.25) is 0 Å². The summed E-state index contributed by atoms with van der Waals surface area (Å²) >= 11 is 0. The van der Waals surface area contributed by atoms with Crippen molar-refractivity contribution in [1.29, 1.82) is 0 Å². The van der Waals surface area contributed by atoms with Crippen LogP contribution < -0.4 is 4.74 Å². The van der Waals surface area contributed by atoms with Crippen molar-refractivity contribution in [3.05, 3.63) is 17.2 Å². The van der Waals surface area contributed by atoms with Crippen molar-refractivity contribution in [3.8, 4) is 17.2 Å². The maximum absolute atomic E-state index is 11.8. The average molecular weight is 565 g/mol. The monoisotopic (exact) mass is 564 g/mol. The Labute approximate surface area is 223 Å². The molecule has 0 spiro atoms. The normalized spacial score (nSPS) is 34.8. The molecule has 2 heterocycles. The molecule has 9 unspecified atom stereocenters. The molecule has 0 bridgehead atoms. The van der Waals surface area contributed by atoms with Crippen LogP contribution in [0.2, 0.25) is 0 Å². The second kappa shape index (κ2) is 12.9. The second-order valence-electron chi connectivity index (χ2n) is 9.60. The fourth-order valence-corrected chi connectivity index (χ4v) is 4.56. The molecular formula is C24H36O15. The third-order valence-electron chi connectivity index (χ3n) is 6.97. The number of aromatic hydroxyl groups is 2. The van der Waals surface area contributed by atoms with Gasteiger partial charge in [0.25, 0.3) is 0 Å². The van der Waals surface area contributed by atoms with Crippen LogP contribution in [0.15, 0.2) is 6.07 Å². The Morgan fingerprint density at radius 3 is 2.28 bits per heavy atom. The maximum atomic E-state index is 11.8. The molecule has 222 valence electrons. The second-order valence-corrected chi connectivity index (χ2v) is 9.60. The van der Waals surface area contributed by atoms with Gasteiger partial charge in [-0.1, -0.05) is 19.8 Å². The highest BCUT2D eigenvalue weighted by molar-refractivity contribution is 5.91. The molecule has 1 aromatic carbocycles. The Kier molecular flexibility index (Phi) is 10.3. The van der Waals surface area contributed by atoms with Crippen molar-refractivity contribution < 1.29 is 74.8 Å². The number of phenols is 2. The van der Waals surface area contributed by atoms with Crippen LogP contribution in [-0.2, 0) is 20.6 Å². The number of aliphatic hydroxyl groups is 7. The quantitative estimate of drug-likeness (QED) is 0.0932. The fourth-order valence-electron chi connectivity index (χ4n) is 4.56. The van der Waals surface area contributed by atoms with Crippen LogP contribution in [0.1, 0.15) is 42.1 Å². The van der Waals surface area contributed by atoms with Crippen LogP contribution >= 0.6 is 0 Å². The average Bonchev–Trinajstić information content (AvgIpc) is 3.16. The molecule has 0 aliphatic carbocycles. The summed E-state index contributed by atoms with van der Waals surface area (Å²) in [5, 5.41) is 101. The van der Waals surface area contributed by atoms with E-state index in [1.807, 2.05) is 6.92 Å². The predicted octanol–water partition coefficient (Wildman–Crippen LogP) is -2.47. The van der Waals surface area contributed by atoms with Crippen molar-refractivity contribution in [1.82, 2.24) is 0 Å². The lowest BCUT2D eigenvalue weighted by Gasteiger charge is -2.40. The van der Waals surface area contributed by atoms with Crippen LogP contribution in [0.4, 0.5) is 0 Å². The van der Waals surface area contributed by atoms with Gasteiger partial charge in [-0.25, -0.2) is 4.79 Å². The number of carbonyl (C=O) groups is 1. The highest BCUT2D eigenvalue weighted by Gasteiger charge is 2.56. The van der Waals surface area contributed by atoms with E-state index in [0.717, 1.165) is 12.5 Å². The highest BCUT2D eigenvalue weighted by atomic mass is 16.7. The van der Waals surface area contributed by atoms with Gasteiger partial charge in [-0.05, 0) is 18.9 Å². The van der Waals surface area contributed by atoms with E-state index in [9.17, 15) is 55.9 Å². The maximum Gasteiger partial charge on any atom is 0.336 e. The first kappa shape index (κ1) is 31.2. The van der Waals surface area contributed by atoms with Crippen LogP contribution in [0, 0.1) is 0 Å². The van der Waals surface area contributed by atoms with Gasteiger partial charge in [-0.15, -0.1) is 0 Å². The summed E-state index contributed by atoms with van der Waals surface area (Å²) in [6.45, 7) is -0.421. The zero-order valence-electron chi connectivity index (χ0n) is 21.2. The summed E-state index contributed by atoms with van der Waals surface area (Å²) < 4.78 is 21.7. The fraction of sp³-hybridized carbons (Fsp3) is 0.708. The number of aromatic carboxylic acids is 1. The third-order valence-corrected chi connectivity index (χ3v) is 6.97. The van der Waals surface area contributed by atoms with Crippen molar-refractivity contribution in [2.24, 2.45) is 0 Å². The van der Waals surface area contributed by atoms with Gasteiger partial charge in [0, 0.05) is 5.56 Å². The zero-order valence-corrected chi connectivity index (χ0v) is 21.2. The number of phenolic OH excluding ortho intramolecular Hbond substituents is 2. The summed E-state index contributed by atoms with van der Waals surface area (Å²) in [5.74, 6) is -3.54. The lowest BCUT2D eigenvalue weighted by Crippen LogP contribution is -2.60. The molecule has 2 aliphatic rings. The molecule has 2 fully saturated rings. The van der Waals surface area contributed by atoms with Gasteiger partial charge in [-0.2, -0.15) is 0 Å². The summed E-state index contributed by atoms with van der Waals surface area (Å²) in [6.07, 6.45) is -11.5. The molecule has 0 aromatic heterocycles.